The van der Waals surface area contributed by atoms with Crippen molar-refractivity contribution >= 4 is 15.9 Å². The second kappa shape index (κ2) is 7.63. The fourth-order valence-corrected chi connectivity index (χ4v) is 4.05. The minimum atomic E-state index is -3.76. The van der Waals surface area contributed by atoms with E-state index in [0.717, 1.165) is 30.2 Å². The van der Waals surface area contributed by atoms with E-state index in [4.69, 9.17) is 4.84 Å². The topological polar surface area (TPSA) is 66.9 Å². The van der Waals surface area contributed by atoms with Crippen LogP contribution in [0.3, 0.4) is 0 Å². The Morgan fingerprint density at radius 2 is 1.79 bits per heavy atom. The molecule has 0 spiro atoms. The maximum absolute atomic E-state index is 12.7. The average molecular weight is 354 g/mol. The maximum Gasteiger partial charge on any atom is 0.264 e. The minimum absolute atomic E-state index is 0.0448. The van der Waals surface area contributed by atoms with Crippen LogP contribution < -0.4 is 0 Å². The van der Waals surface area contributed by atoms with Crippen molar-refractivity contribution in [2.45, 2.75) is 43.5 Å². The summed E-state index contributed by atoms with van der Waals surface area (Å²) in [4.78, 5) is 19.3. The lowest BCUT2D eigenvalue weighted by Crippen LogP contribution is -2.39. The Bertz CT molecular complexity index is 682. The van der Waals surface area contributed by atoms with Crippen LogP contribution in [0.2, 0.25) is 0 Å². The highest BCUT2D eigenvalue weighted by Crippen LogP contribution is 2.27. The molecule has 7 heteroatoms. The highest BCUT2D eigenvalue weighted by atomic mass is 32.2. The van der Waals surface area contributed by atoms with Crippen molar-refractivity contribution in [3.05, 3.63) is 29.8 Å². The number of benzene rings is 1. The van der Waals surface area contributed by atoms with Gasteiger partial charge in [0.15, 0.2) is 0 Å². The molecule has 0 bridgehead atoms. The molecule has 0 aromatic heterocycles. The highest BCUT2D eigenvalue weighted by molar-refractivity contribution is 7.89. The SMILES string of the molecule is CON(C)S(=O)(=O)c1cccc(C(=O)N(C)C2CCC(C)CC2)c1. The molecule has 0 atom stereocenters. The van der Waals surface area contributed by atoms with E-state index in [0.29, 0.717) is 11.5 Å². The number of carbonyl (C=O) groups excluding carboxylic acids is 1. The van der Waals surface area contributed by atoms with Crippen molar-refractivity contribution in [3.63, 3.8) is 0 Å². The zero-order chi connectivity index (χ0) is 17.9. The lowest BCUT2D eigenvalue weighted by atomic mass is 9.86. The standard InChI is InChI=1S/C17H26N2O4S/c1-13-8-10-15(11-9-13)18(2)17(20)14-6-5-7-16(12-14)24(21,22)19(3)23-4/h5-7,12-13,15H,8-11H2,1-4H3. The van der Waals surface area contributed by atoms with Gasteiger partial charge in [-0.05, 0) is 49.8 Å². The lowest BCUT2D eigenvalue weighted by Gasteiger charge is -2.33. The monoisotopic (exact) mass is 354 g/mol. The third-order valence-corrected chi connectivity index (χ3v) is 6.50. The summed E-state index contributed by atoms with van der Waals surface area (Å²) in [6, 6.07) is 6.32. The summed E-state index contributed by atoms with van der Waals surface area (Å²) in [5.74, 6) is 0.564. The first kappa shape index (κ1) is 18.9. The largest absolute Gasteiger partial charge is 0.339 e. The molecule has 6 nitrogen and oxygen atoms in total. The van der Waals surface area contributed by atoms with Gasteiger partial charge in [0.25, 0.3) is 15.9 Å². The maximum atomic E-state index is 12.7. The quantitative estimate of drug-likeness (QED) is 0.762. The molecule has 0 heterocycles. The van der Waals surface area contributed by atoms with Crippen LogP contribution in [0.4, 0.5) is 0 Å². The summed E-state index contributed by atoms with van der Waals surface area (Å²) >= 11 is 0. The molecule has 1 aromatic rings. The van der Waals surface area contributed by atoms with Gasteiger partial charge in [0, 0.05) is 25.7 Å². The van der Waals surface area contributed by atoms with Gasteiger partial charge < -0.3 is 4.90 Å². The second-order valence-corrected chi connectivity index (χ2v) is 8.39. The van der Waals surface area contributed by atoms with Gasteiger partial charge in [-0.3, -0.25) is 9.63 Å². The van der Waals surface area contributed by atoms with Crippen molar-refractivity contribution in [2.75, 3.05) is 21.2 Å². The molecular weight excluding hydrogens is 328 g/mol. The van der Waals surface area contributed by atoms with E-state index in [9.17, 15) is 13.2 Å². The van der Waals surface area contributed by atoms with Crippen LogP contribution >= 0.6 is 0 Å². The first-order valence-corrected chi connectivity index (χ1v) is 9.61. The number of hydrogen-bond acceptors (Lipinski definition) is 4. The fourth-order valence-electron chi connectivity index (χ4n) is 3.04. The normalized spacial score (nSPS) is 21.7. The van der Waals surface area contributed by atoms with Crippen LogP contribution in [0.25, 0.3) is 0 Å². The first-order valence-electron chi connectivity index (χ1n) is 8.17. The molecule has 24 heavy (non-hydrogen) atoms. The average Bonchev–Trinajstić information content (AvgIpc) is 2.60. The number of nitrogens with zero attached hydrogens (tertiary/aromatic N) is 2. The Morgan fingerprint density at radius 3 is 2.38 bits per heavy atom. The summed E-state index contributed by atoms with van der Waals surface area (Å²) in [7, 11) is 0.635. The van der Waals surface area contributed by atoms with E-state index in [1.54, 1.807) is 24.1 Å². The fraction of sp³-hybridized carbons (Fsp3) is 0.588. The Labute approximate surface area is 144 Å². The molecule has 0 aliphatic heterocycles. The number of hydroxylamine groups is 1. The predicted molar refractivity (Wildman–Crippen MR) is 91.9 cm³/mol. The molecule has 2 rings (SSSR count). The molecule has 0 radical (unpaired) electrons. The molecule has 134 valence electrons. The summed E-state index contributed by atoms with van der Waals surface area (Å²) in [6.07, 6.45) is 4.23. The molecule has 0 unspecified atom stereocenters. The highest BCUT2D eigenvalue weighted by Gasteiger charge is 2.27. The van der Waals surface area contributed by atoms with Crippen LogP contribution in [0.1, 0.15) is 43.0 Å². The zero-order valence-electron chi connectivity index (χ0n) is 14.7. The van der Waals surface area contributed by atoms with Gasteiger partial charge in [0.05, 0.1) is 12.0 Å². The van der Waals surface area contributed by atoms with E-state index in [-0.39, 0.29) is 16.8 Å². The van der Waals surface area contributed by atoms with Crippen LogP contribution in [0, 0.1) is 5.92 Å². The van der Waals surface area contributed by atoms with Crippen molar-refractivity contribution < 1.29 is 18.0 Å². The summed E-state index contributed by atoms with van der Waals surface area (Å²) in [5.41, 5.74) is 0.377. The predicted octanol–water partition coefficient (Wildman–Crippen LogP) is 2.52. The van der Waals surface area contributed by atoms with E-state index in [1.165, 1.54) is 26.3 Å². The third-order valence-electron chi connectivity index (χ3n) is 4.83. The molecule has 1 amide bonds. The Morgan fingerprint density at radius 1 is 1.17 bits per heavy atom. The van der Waals surface area contributed by atoms with Gasteiger partial charge in [-0.1, -0.05) is 17.5 Å². The van der Waals surface area contributed by atoms with E-state index >= 15 is 0 Å². The summed E-state index contributed by atoms with van der Waals surface area (Å²) in [6.45, 7) is 2.23. The Hall–Kier alpha value is -1.44. The number of hydrogen-bond donors (Lipinski definition) is 0. The Kier molecular flexibility index (Phi) is 6.01. The smallest absolute Gasteiger partial charge is 0.264 e. The molecule has 0 N–H and O–H groups in total. The van der Waals surface area contributed by atoms with Gasteiger partial charge in [-0.2, -0.15) is 0 Å². The van der Waals surface area contributed by atoms with Crippen molar-refractivity contribution in [2.24, 2.45) is 5.92 Å². The van der Waals surface area contributed by atoms with Crippen molar-refractivity contribution in [1.29, 1.82) is 0 Å². The molecule has 1 aliphatic rings. The van der Waals surface area contributed by atoms with Gasteiger partial charge in [0.2, 0.25) is 0 Å². The molecule has 1 fully saturated rings. The zero-order valence-corrected chi connectivity index (χ0v) is 15.5. The van der Waals surface area contributed by atoms with Gasteiger partial charge in [-0.25, -0.2) is 8.42 Å². The lowest BCUT2D eigenvalue weighted by molar-refractivity contribution is -0.0258. The van der Waals surface area contributed by atoms with E-state index in [1.807, 2.05) is 0 Å². The minimum Gasteiger partial charge on any atom is -0.339 e. The van der Waals surface area contributed by atoms with Crippen molar-refractivity contribution in [1.82, 2.24) is 9.37 Å². The number of sulfonamides is 1. The summed E-state index contributed by atoms with van der Waals surface area (Å²) in [5, 5.41) is 0. The van der Waals surface area contributed by atoms with Crippen LogP contribution in [-0.4, -0.2) is 50.9 Å². The number of rotatable bonds is 5. The van der Waals surface area contributed by atoms with E-state index < -0.39 is 10.0 Å². The van der Waals surface area contributed by atoms with Gasteiger partial charge in [-0.15, -0.1) is 0 Å². The Balaban J connectivity index is 2.20. The number of amides is 1. The van der Waals surface area contributed by atoms with Crippen LogP contribution in [0.5, 0.6) is 0 Å². The van der Waals surface area contributed by atoms with Crippen molar-refractivity contribution in [3.8, 4) is 0 Å². The van der Waals surface area contributed by atoms with Crippen LogP contribution in [-0.2, 0) is 14.9 Å². The second-order valence-electron chi connectivity index (χ2n) is 6.45. The van der Waals surface area contributed by atoms with Gasteiger partial charge >= 0.3 is 0 Å². The first-order chi connectivity index (χ1) is 11.3. The molecule has 1 aliphatic carbocycles. The summed E-state index contributed by atoms with van der Waals surface area (Å²) < 4.78 is 25.4. The third kappa shape index (κ3) is 3.96. The molecule has 1 saturated carbocycles. The van der Waals surface area contributed by atoms with Gasteiger partial charge in [0.1, 0.15) is 0 Å². The molecule has 1 aromatic carbocycles. The molecular formula is C17H26N2O4S. The number of carbonyl (C=O) groups is 1. The van der Waals surface area contributed by atoms with E-state index in [2.05, 4.69) is 6.92 Å². The molecule has 0 saturated heterocycles. The van der Waals surface area contributed by atoms with Crippen LogP contribution in [0.15, 0.2) is 29.2 Å².